The number of anilines is 1. The van der Waals surface area contributed by atoms with Crippen molar-refractivity contribution in [2.45, 2.75) is 40.2 Å². The lowest BCUT2D eigenvalue weighted by Gasteiger charge is -2.20. The van der Waals surface area contributed by atoms with Crippen molar-refractivity contribution in [3.8, 4) is 11.3 Å². The highest BCUT2D eigenvalue weighted by Gasteiger charge is 2.20. The molecule has 1 atom stereocenters. The highest BCUT2D eigenvalue weighted by molar-refractivity contribution is 5.96. The number of carbonyl (C=O) groups excluding carboxylic acids is 1. The zero-order valence-electron chi connectivity index (χ0n) is 20.1. The lowest BCUT2D eigenvalue weighted by Crippen LogP contribution is -2.14. The molecule has 2 N–H and O–H groups in total. The second-order valence-corrected chi connectivity index (χ2v) is 8.69. The van der Waals surface area contributed by atoms with Gasteiger partial charge < -0.3 is 14.8 Å². The first-order chi connectivity index (χ1) is 16.7. The molecule has 0 saturated carbocycles. The van der Waals surface area contributed by atoms with E-state index in [-0.39, 0.29) is 22.8 Å². The average molecular weight is 470 g/mol. The molecular weight excluding hydrogens is 442 g/mol. The zero-order valence-corrected chi connectivity index (χ0v) is 20.1. The van der Waals surface area contributed by atoms with Crippen LogP contribution in [0, 0.1) is 13.8 Å². The molecule has 0 bridgehead atoms. The maximum absolute atomic E-state index is 13.4. The highest BCUT2D eigenvalue weighted by atomic mass is 16.4. The molecule has 6 heteroatoms. The molecule has 4 aromatic rings. The van der Waals surface area contributed by atoms with Gasteiger partial charge in [-0.25, -0.2) is 4.79 Å². The molecule has 3 aromatic carbocycles. The van der Waals surface area contributed by atoms with Crippen molar-refractivity contribution in [2.75, 3.05) is 5.32 Å². The van der Waals surface area contributed by atoms with Crippen LogP contribution in [0.2, 0.25) is 0 Å². The van der Waals surface area contributed by atoms with Gasteiger partial charge in [0.25, 0.3) is 0 Å². The predicted octanol–water partition coefficient (Wildman–Crippen LogP) is 6.54. The van der Waals surface area contributed by atoms with Crippen molar-refractivity contribution in [3.63, 3.8) is 0 Å². The standard InChI is InChI=1S/C29H27NO5/c1-5-25(31)19-10-12-20(13-11-19)27-17(3)26(32)23-15-16(2)14-22(28(23)35-27)18(4)30-24-9-7-6-8-21(24)29(33)34/h6-15,18,30H,5H2,1-4H3,(H,33,34)/t18-/m1/s1. The van der Waals surface area contributed by atoms with Gasteiger partial charge in [0.1, 0.15) is 11.3 Å². The number of carbonyl (C=O) groups is 2. The first kappa shape index (κ1) is 24.0. The summed E-state index contributed by atoms with van der Waals surface area (Å²) < 4.78 is 6.37. The van der Waals surface area contributed by atoms with Gasteiger partial charge in [-0.1, -0.05) is 49.4 Å². The number of nitrogens with one attached hydrogen (secondary N) is 1. The van der Waals surface area contributed by atoms with E-state index in [1.54, 1.807) is 55.5 Å². The van der Waals surface area contributed by atoms with Crippen LogP contribution in [0.5, 0.6) is 0 Å². The predicted molar refractivity (Wildman–Crippen MR) is 137 cm³/mol. The number of fused-ring (bicyclic) bond motifs is 1. The number of aromatic carboxylic acids is 1. The van der Waals surface area contributed by atoms with Crippen LogP contribution >= 0.6 is 0 Å². The second kappa shape index (κ2) is 9.58. The first-order valence-corrected chi connectivity index (χ1v) is 11.5. The van der Waals surface area contributed by atoms with Gasteiger partial charge in [0.05, 0.1) is 17.0 Å². The topological polar surface area (TPSA) is 96.6 Å². The van der Waals surface area contributed by atoms with Gasteiger partial charge in [-0.2, -0.15) is 0 Å². The lowest BCUT2D eigenvalue weighted by molar-refractivity contribution is 0.0697. The third-order valence-electron chi connectivity index (χ3n) is 6.18. The Bertz CT molecular complexity index is 1500. The molecule has 0 spiro atoms. The normalized spacial score (nSPS) is 11.9. The molecule has 0 radical (unpaired) electrons. The summed E-state index contributed by atoms with van der Waals surface area (Å²) in [6, 6.07) is 17.2. The number of para-hydroxylation sites is 1. The molecule has 1 heterocycles. The van der Waals surface area contributed by atoms with E-state index >= 15 is 0 Å². The smallest absolute Gasteiger partial charge is 0.337 e. The van der Waals surface area contributed by atoms with Crippen molar-refractivity contribution in [2.24, 2.45) is 0 Å². The Balaban J connectivity index is 1.85. The molecule has 0 fully saturated rings. The fourth-order valence-electron chi connectivity index (χ4n) is 4.28. The van der Waals surface area contributed by atoms with E-state index in [9.17, 15) is 19.5 Å². The minimum absolute atomic E-state index is 0.0486. The van der Waals surface area contributed by atoms with E-state index in [1.807, 2.05) is 32.9 Å². The Morgan fingerprint density at radius 1 is 1.03 bits per heavy atom. The van der Waals surface area contributed by atoms with E-state index in [0.29, 0.717) is 45.5 Å². The summed E-state index contributed by atoms with van der Waals surface area (Å²) in [5.41, 5.74) is 4.41. The average Bonchev–Trinajstić information content (AvgIpc) is 2.85. The molecule has 4 rings (SSSR count). The molecule has 0 aliphatic rings. The minimum atomic E-state index is -1.02. The Morgan fingerprint density at radius 2 is 1.71 bits per heavy atom. The van der Waals surface area contributed by atoms with Crippen LogP contribution in [-0.2, 0) is 0 Å². The van der Waals surface area contributed by atoms with Crippen molar-refractivity contribution in [1.82, 2.24) is 0 Å². The molecule has 0 aliphatic carbocycles. The number of aryl methyl sites for hydroxylation is 1. The van der Waals surface area contributed by atoms with Crippen LogP contribution in [-0.4, -0.2) is 16.9 Å². The van der Waals surface area contributed by atoms with Gasteiger partial charge >= 0.3 is 5.97 Å². The summed E-state index contributed by atoms with van der Waals surface area (Å²) in [5.74, 6) is -0.530. The third-order valence-corrected chi connectivity index (χ3v) is 6.18. The number of rotatable bonds is 7. The first-order valence-electron chi connectivity index (χ1n) is 11.5. The molecular formula is C29H27NO5. The van der Waals surface area contributed by atoms with Crippen LogP contribution in [0.25, 0.3) is 22.3 Å². The minimum Gasteiger partial charge on any atom is -0.478 e. The molecule has 0 saturated heterocycles. The fourth-order valence-corrected chi connectivity index (χ4v) is 4.28. The second-order valence-electron chi connectivity index (χ2n) is 8.69. The Kier molecular flexibility index (Phi) is 6.56. The highest BCUT2D eigenvalue weighted by Crippen LogP contribution is 2.32. The Hall–Kier alpha value is -4.19. The van der Waals surface area contributed by atoms with Crippen LogP contribution < -0.4 is 10.7 Å². The largest absolute Gasteiger partial charge is 0.478 e. The summed E-state index contributed by atoms with van der Waals surface area (Å²) in [7, 11) is 0. The summed E-state index contributed by atoms with van der Waals surface area (Å²) in [6.45, 7) is 7.36. The number of Topliss-reactive ketones (excluding diaryl/α,β-unsaturated/α-hetero) is 1. The summed E-state index contributed by atoms with van der Waals surface area (Å²) in [5, 5.41) is 13.3. The van der Waals surface area contributed by atoms with Crippen LogP contribution in [0.3, 0.4) is 0 Å². The molecule has 0 aliphatic heterocycles. The van der Waals surface area contributed by atoms with E-state index in [4.69, 9.17) is 4.42 Å². The number of carboxylic acid groups (broad SMARTS) is 1. The molecule has 1 aromatic heterocycles. The molecule has 0 unspecified atom stereocenters. The van der Waals surface area contributed by atoms with Crippen LogP contribution in [0.15, 0.2) is 69.9 Å². The Morgan fingerprint density at radius 3 is 2.37 bits per heavy atom. The SMILES string of the molecule is CCC(=O)c1ccc(-c2oc3c([C@@H](C)Nc4ccccc4C(=O)O)cc(C)cc3c(=O)c2C)cc1. The zero-order chi connectivity index (χ0) is 25.3. The maximum atomic E-state index is 13.4. The van der Waals surface area contributed by atoms with Crippen molar-refractivity contribution in [1.29, 1.82) is 0 Å². The number of hydrogen-bond acceptors (Lipinski definition) is 5. The van der Waals surface area contributed by atoms with Crippen molar-refractivity contribution in [3.05, 3.63) is 98.7 Å². The van der Waals surface area contributed by atoms with E-state index in [0.717, 1.165) is 11.1 Å². The monoisotopic (exact) mass is 469 g/mol. The molecule has 0 amide bonds. The fraction of sp³-hybridized carbons (Fsp3) is 0.207. The van der Waals surface area contributed by atoms with Gasteiger partial charge in [-0.3, -0.25) is 9.59 Å². The summed E-state index contributed by atoms with van der Waals surface area (Å²) in [4.78, 5) is 37.0. The quantitative estimate of drug-likeness (QED) is 0.298. The van der Waals surface area contributed by atoms with Crippen LogP contribution in [0.1, 0.15) is 63.7 Å². The number of carboxylic acids is 1. The van der Waals surface area contributed by atoms with Gasteiger partial charge in [0.15, 0.2) is 11.2 Å². The Labute approximate surface area is 203 Å². The molecule has 6 nitrogen and oxygen atoms in total. The molecule has 35 heavy (non-hydrogen) atoms. The van der Waals surface area contributed by atoms with Gasteiger partial charge in [-0.15, -0.1) is 0 Å². The summed E-state index contributed by atoms with van der Waals surface area (Å²) >= 11 is 0. The third kappa shape index (κ3) is 4.60. The molecule has 178 valence electrons. The van der Waals surface area contributed by atoms with Gasteiger partial charge in [-0.05, 0) is 44.5 Å². The van der Waals surface area contributed by atoms with Crippen LogP contribution in [0.4, 0.5) is 5.69 Å². The van der Waals surface area contributed by atoms with E-state index in [2.05, 4.69) is 5.32 Å². The number of ketones is 1. The maximum Gasteiger partial charge on any atom is 0.337 e. The van der Waals surface area contributed by atoms with Crippen molar-refractivity contribution >= 4 is 28.4 Å². The van der Waals surface area contributed by atoms with Crippen molar-refractivity contribution < 1.29 is 19.1 Å². The lowest BCUT2D eigenvalue weighted by atomic mass is 9.98. The van der Waals surface area contributed by atoms with E-state index in [1.165, 1.54) is 0 Å². The van der Waals surface area contributed by atoms with Gasteiger partial charge in [0.2, 0.25) is 0 Å². The summed E-state index contributed by atoms with van der Waals surface area (Å²) in [6.07, 6.45) is 0.419. The number of hydrogen-bond donors (Lipinski definition) is 2. The van der Waals surface area contributed by atoms with E-state index < -0.39 is 5.97 Å². The van der Waals surface area contributed by atoms with Gasteiger partial charge in [0, 0.05) is 34.4 Å². The number of benzene rings is 3.